The third-order valence-corrected chi connectivity index (χ3v) is 5.83. The summed E-state index contributed by atoms with van der Waals surface area (Å²) in [7, 11) is 0. The van der Waals surface area contributed by atoms with Gasteiger partial charge in [-0.25, -0.2) is 0 Å². The molecule has 0 spiro atoms. The number of benzene rings is 2. The maximum absolute atomic E-state index is 5.81. The lowest BCUT2D eigenvalue weighted by Gasteiger charge is -2.02. The quantitative estimate of drug-likeness (QED) is 0.439. The molecule has 1 N–H and O–H groups in total. The highest BCUT2D eigenvalue weighted by Crippen LogP contribution is 2.37. The zero-order valence-corrected chi connectivity index (χ0v) is 16.2. The number of anilines is 1. The van der Waals surface area contributed by atoms with Gasteiger partial charge in [-0.1, -0.05) is 71.6 Å². The van der Waals surface area contributed by atoms with Crippen LogP contribution in [0, 0.1) is 0 Å². The van der Waals surface area contributed by atoms with Gasteiger partial charge in [0.05, 0.1) is 5.25 Å². The molecule has 0 fully saturated rings. The van der Waals surface area contributed by atoms with Crippen LogP contribution in [0.25, 0.3) is 11.5 Å². The molecule has 8 heteroatoms. The zero-order valence-electron chi connectivity index (χ0n) is 14.6. The Morgan fingerprint density at radius 3 is 2.48 bits per heavy atom. The average Bonchev–Trinajstić information content (AvgIpc) is 3.38. The molecule has 136 valence electrons. The minimum absolute atomic E-state index is 0.00937. The van der Waals surface area contributed by atoms with Crippen molar-refractivity contribution < 1.29 is 4.42 Å². The van der Waals surface area contributed by atoms with Crippen LogP contribution in [-0.2, 0) is 6.54 Å². The van der Waals surface area contributed by atoms with Gasteiger partial charge in [-0.05, 0) is 24.6 Å². The third-order valence-electron chi connectivity index (χ3n) is 3.78. The molecular weight excluding hydrogens is 378 g/mol. The fourth-order valence-electron chi connectivity index (χ4n) is 2.40. The Morgan fingerprint density at radius 1 is 0.963 bits per heavy atom. The summed E-state index contributed by atoms with van der Waals surface area (Å²) in [5.41, 5.74) is 2.12. The van der Waals surface area contributed by atoms with Crippen LogP contribution in [0.5, 0.6) is 0 Å². The first-order valence-electron chi connectivity index (χ1n) is 8.45. The van der Waals surface area contributed by atoms with E-state index in [9.17, 15) is 0 Å². The van der Waals surface area contributed by atoms with Gasteiger partial charge in [0.2, 0.25) is 16.9 Å². The molecule has 0 aliphatic rings. The Morgan fingerprint density at radius 2 is 1.70 bits per heavy atom. The van der Waals surface area contributed by atoms with Gasteiger partial charge in [0.25, 0.3) is 0 Å². The van der Waals surface area contributed by atoms with E-state index in [2.05, 4.69) is 37.8 Å². The minimum Gasteiger partial charge on any atom is -0.419 e. The SMILES string of the molecule is C[C@H](Sc1nnc(NCc2ccccc2)s1)c1nnc(-c2ccccc2)o1. The summed E-state index contributed by atoms with van der Waals surface area (Å²) in [5, 5.41) is 20.8. The first-order chi connectivity index (χ1) is 13.3. The molecule has 2 heterocycles. The second kappa shape index (κ2) is 8.32. The van der Waals surface area contributed by atoms with Gasteiger partial charge in [-0.2, -0.15) is 0 Å². The van der Waals surface area contributed by atoms with Gasteiger partial charge >= 0.3 is 0 Å². The molecule has 0 aliphatic heterocycles. The zero-order chi connectivity index (χ0) is 18.5. The molecule has 4 rings (SSSR count). The van der Waals surface area contributed by atoms with E-state index in [0.29, 0.717) is 11.8 Å². The van der Waals surface area contributed by atoms with E-state index in [0.717, 1.165) is 21.6 Å². The van der Waals surface area contributed by atoms with E-state index in [4.69, 9.17) is 4.42 Å². The number of hydrogen-bond donors (Lipinski definition) is 1. The Labute approximate surface area is 165 Å². The molecule has 1 atom stereocenters. The number of hydrogen-bond acceptors (Lipinski definition) is 8. The highest BCUT2D eigenvalue weighted by Gasteiger charge is 2.18. The van der Waals surface area contributed by atoms with E-state index in [-0.39, 0.29) is 5.25 Å². The lowest BCUT2D eigenvalue weighted by molar-refractivity contribution is 0.509. The minimum atomic E-state index is -0.00937. The van der Waals surface area contributed by atoms with Crippen LogP contribution >= 0.6 is 23.1 Å². The molecule has 2 aromatic heterocycles. The van der Waals surface area contributed by atoms with Gasteiger partial charge < -0.3 is 9.73 Å². The van der Waals surface area contributed by atoms with Gasteiger partial charge in [0.1, 0.15) is 0 Å². The number of aromatic nitrogens is 4. The van der Waals surface area contributed by atoms with Crippen LogP contribution in [0.1, 0.15) is 23.6 Å². The maximum atomic E-state index is 5.81. The van der Waals surface area contributed by atoms with Crippen molar-refractivity contribution in [2.45, 2.75) is 23.1 Å². The third kappa shape index (κ3) is 4.53. The molecule has 0 bridgehead atoms. The average molecular weight is 396 g/mol. The van der Waals surface area contributed by atoms with Crippen LogP contribution in [0.2, 0.25) is 0 Å². The Hall–Kier alpha value is -2.71. The van der Waals surface area contributed by atoms with Crippen LogP contribution in [0.15, 0.2) is 69.4 Å². The molecule has 6 nitrogen and oxygen atoms in total. The largest absolute Gasteiger partial charge is 0.419 e. The number of rotatable bonds is 7. The smallest absolute Gasteiger partial charge is 0.247 e. The molecule has 0 aliphatic carbocycles. The predicted octanol–water partition coefficient (Wildman–Crippen LogP) is 5.05. The van der Waals surface area contributed by atoms with Crippen molar-refractivity contribution in [3.05, 3.63) is 72.1 Å². The Bertz CT molecular complexity index is 988. The second-order valence-corrected chi connectivity index (χ2v) is 8.35. The van der Waals surface area contributed by atoms with Crippen molar-refractivity contribution in [3.8, 4) is 11.5 Å². The van der Waals surface area contributed by atoms with E-state index in [1.807, 2.05) is 55.5 Å². The maximum Gasteiger partial charge on any atom is 0.247 e. The van der Waals surface area contributed by atoms with E-state index in [1.54, 1.807) is 11.8 Å². The molecule has 0 saturated carbocycles. The lowest BCUT2D eigenvalue weighted by atomic mass is 10.2. The van der Waals surface area contributed by atoms with Crippen LogP contribution in [0.4, 0.5) is 5.13 Å². The van der Waals surface area contributed by atoms with Gasteiger partial charge in [0, 0.05) is 12.1 Å². The summed E-state index contributed by atoms with van der Waals surface area (Å²) >= 11 is 3.07. The van der Waals surface area contributed by atoms with Crippen LogP contribution in [0.3, 0.4) is 0 Å². The monoisotopic (exact) mass is 395 g/mol. The van der Waals surface area contributed by atoms with Crippen LogP contribution < -0.4 is 5.32 Å². The molecule has 0 saturated heterocycles. The fourth-order valence-corrected chi connectivity index (χ4v) is 4.32. The summed E-state index contributed by atoms with van der Waals surface area (Å²) in [6.45, 7) is 2.74. The number of nitrogens with zero attached hydrogens (tertiary/aromatic N) is 4. The standard InChI is InChI=1S/C19H17N5OS2/c1-13(16-21-22-17(25-16)15-10-6-3-7-11-15)26-19-24-23-18(27-19)20-12-14-8-4-2-5-9-14/h2-11,13H,12H2,1H3,(H,20,23)/t13-/m0/s1. The summed E-state index contributed by atoms with van der Waals surface area (Å²) in [6, 6.07) is 19.9. The molecule has 0 radical (unpaired) electrons. The summed E-state index contributed by atoms with van der Waals surface area (Å²) in [6.07, 6.45) is 0. The lowest BCUT2D eigenvalue weighted by Crippen LogP contribution is -1.98. The first kappa shape index (κ1) is 17.7. The van der Waals surface area contributed by atoms with E-state index >= 15 is 0 Å². The summed E-state index contributed by atoms with van der Waals surface area (Å²) < 4.78 is 6.67. The van der Waals surface area contributed by atoms with Gasteiger partial charge in [-0.3, -0.25) is 0 Å². The number of nitrogens with one attached hydrogen (secondary N) is 1. The van der Waals surface area contributed by atoms with Crippen molar-refractivity contribution in [1.82, 2.24) is 20.4 Å². The highest BCUT2D eigenvalue weighted by atomic mass is 32.2. The Balaban J connectivity index is 1.37. The fraction of sp³-hybridized carbons (Fsp3) is 0.158. The topological polar surface area (TPSA) is 76.7 Å². The summed E-state index contributed by atoms with van der Waals surface area (Å²) in [4.78, 5) is 0. The Kier molecular flexibility index (Phi) is 5.45. The predicted molar refractivity (Wildman–Crippen MR) is 108 cm³/mol. The first-order valence-corrected chi connectivity index (χ1v) is 10.1. The molecule has 0 amide bonds. The van der Waals surface area contributed by atoms with Gasteiger partial charge in [-0.15, -0.1) is 20.4 Å². The van der Waals surface area contributed by atoms with E-state index in [1.165, 1.54) is 16.9 Å². The van der Waals surface area contributed by atoms with Crippen molar-refractivity contribution in [3.63, 3.8) is 0 Å². The van der Waals surface area contributed by atoms with Crippen molar-refractivity contribution in [1.29, 1.82) is 0 Å². The molecule has 27 heavy (non-hydrogen) atoms. The summed E-state index contributed by atoms with van der Waals surface area (Å²) in [5.74, 6) is 1.10. The number of thioether (sulfide) groups is 1. The molecular formula is C19H17N5OS2. The van der Waals surface area contributed by atoms with Crippen LogP contribution in [-0.4, -0.2) is 20.4 Å². The van der Waals surface area contributed by atoms with Gasteiger partial charge in [0.15, 0.2) is 4.34 Å². The molecule has 2 aromatic carbocycles. The van der Waals surface area contributed by atoms with Crippen molar-refractivity contribution in [2.24, 2.45) is 0 Å². The van der Waals surface area contributed by atoms with Crippen molar-refractivity contribution in [2.75, 3.05) is 5.32 Å². The second-order valence-electron chi connectivity index (χ2n) is 5.78. The molecule has 0 unspecified atom stereocenters. The molecule has 4 aromatic rings. The van der Waals surface area contributed by atoms with Crippen molar-refractivity contribution >= 4 is 28.2 Å². The highest BCUT2D eigenvalue weighted by molar-refractivity contribution is 8.01. The normalized spacial score (nSPS) is 12.0. The van der Waals surface area contributed by atoms with E-state index < -0.39 is 0 Å².